The summed E-state index contributed by atoms with van der Waals surface area (Å²) >= 11 is 0. The third-order valence-corrected chi connectivity index (χ3v) is 14.3. The van der Waals surface area contributed by atoms with Gasteiger partial charge in [0.1, 0.15) is 23.7 Å². The summed E-state index contributed by atoms with van der Waals surface area (Å²) in [7, 11) is -2.64. The molecule has 1 saturated heterocycles. The summed E-state index contributed by atoms with van der Waals surface area (Å²) in [6.07, 6.45) is -1.75. The van der Waals surface area contributed by atoms with Gasteiger partial charge in [-0.3, -0.25) is 23.9 Å². The SMILES string of the molecule is COCCn1nc(O[C@@H]2C[C@H]3C(=O)N[C@]4(C(=O)NS(=O)(=O)C5(C)CC5)C[C@H]4/C=C\CC[C@@H](C)C[C@@H](C)[C@H](NC(=O)OC(C)(C)C(F)(F)F)C(=O)N3C2)c2ccccc2c1=O. The van der Waals surface area contributed by atoms with Crippen LogP contribution in [0.3, 0.4) is 0 Å². The Morgan fingerprint density at radius 3 is 2.40 bits per heavy atom. The standard InChI is InChI=1S/C40H53F3N6O10S/c1-23-11-7-8-12-25-21-39(25,35(53)47-60(55,56)38(5)15-16-38)45-31(50)29-20-26(58-32-27-13-9-10-14-28(27)33(51)49(46-32)17-18-57-6)22-48(29)34(52)30(24(2)19-23)44-36(54)59-37(3,4)40(41,42)43/h8-10,12-14,23-26,29-30H,7,11,15-22H2,1-6H3,(H,44,54)(H,45,50)(H,47,53)/b12-8-/t23-,24-,25-,26-,29+,30+,39-/m1/s1. The number of rotatable bonds is 10. The van der Waals surface area contributed by atoms with Gasteiger partial charge in [0.25, 0.3) is 11.5 Å². The van der Waals surface area contributed by atoms with Crippen molar-refractivity contribution in [2.75, 3.05) is 20.3 Å². The van der Waals surface area contributed by atoms with Crippen molar-refractivity contribution >= 4 is 44.6 Å². The van der Waals surface area contributed by atoms with Crippen molar-refractivity contribution in [1.82, 2.24) is 30.0 Å². The number of aromatic nitrogens is 2. The van der Waals surface area contributed by atoms with Crippen LogP contribution in [0.5, 0.6) is 5.88 Å². The molecule has 2 aromatic rings. The first-order chi connectivity index (χ1) is 28.0. The zero-order valence-electron chi connectivity index (χ0n) is 34.5. The number of alkyl halides is 3. The molecule has 0 spiro atoms. The number of nitrogens with zero attached hydrogens (tertiary/aromatic N) is 3. The van der Waals surface area contributed by atoms with Crippen molar-refractivity contribution in [3.63, 3.8) is 0 Å². The monoisotopic (exact) mass is 866 g/mol. The summed E-state index contributed by atoms with van der Waals surface area (Å²) in [4.78, 5) is 70.9. The third kappa shape index (κ3) is 9.13. The third-order valence-electron chi connectivity index (χ3n) is 12.2. The van der Waals surface area contributed by atoms with Crippen molar-refractivity contribution in [2.45, 2.75) is 126 Å². The number of hydrogen-bond acceptors (Lipinski definition) is 11. The van der Waals surface area contributed by atoms with E-state index in [1.165, 1.54) is 18.7 Å². The molecule has 0 unspecified atom stereocenters. The fraction of sp³-hybridized carbons (Fsp3) is 0.650. The number of hydrogen-bond donors (Lipinski definition) is 3. The molecule has 60 heavy (non-hydrogen) atoms. The highest BCUT2D eigenvalue weighted by atomic mass is 32.2. The van der Waals surface area contributed by atoms with E-state index in [-0.39, 0.29) is 49.7 Å². The fourth-order valence-corrected chi connectivity index (χ4v) is 9.13. The first kappa shape index (κ1) is 44.8. The van der Waals surface area contributed by atoms with Gasteiger partial charge in [-0.15, -0.1) is 5.10 Å². The van der Waals surface area contributed by atoms with Crippen LogP contribution in [0.15, 0.2) is 41.2 Å². The van der Waals surface area contributed by atoms with Crippen molar-refractivity contribution in [1.29, 1.82) is 0 Å². The van der Waals surface area contributed by atoms with Crippen molar-refractivity contribution in [3.05, 3.63) is 46.8 Å². The van der Waals surface area contributed by atoms with Crippen LogP contribution in [0.4, 0.5) is 18.0 Å². The van der Waals surface area contributed by atoms with Crippen molar-refractivity contribution in [3.8, 4) is 5.88 Å². The number of alkyl carbamates (subject to hydrolysis) is 1. The van der Waals surface area contributed by atoms with Gasteiger partial charge < -0.3 is 29.7 Å². The molecule has 0 radical (unpaired) electrons. The second kappa shape index (κ2) is 16.6. The second-order valence-corrected chi connectivity index (χ2v) is 19.5. The highest BCUT2D eigenvalue weighted by Gasteiger charge is 2.63. The molecule has 20 heteroatoms. The van der Waals surface area contributed by atoms with E-state index in [4.69, 9.17) is 14.2 Å². The number of sulfonamides is 1. The Morgan fingerprint density at radius 2 is 1.75 bits per heavy atom. The number of amides is 4. The smallest absolute Gasteiger partial charge is 0.427 e. The Kier molecular flexibility index (Phi) is 12.4. The Hall–Kier alpha value is -4.72. The molecule has 4 aliphatic rings. The minimum Gasteiger partial charge on any atom is -0.471 e. The topological polar surface area (TPSA) is 204 Å². The van der Waals surface area contributed by atoms with Gasteiger partial charge in [0.2, 0.25) is 33.3 Å². The molecular weight excluding hydrogens is 814 g/mol. The summed E-state index contributed by atoms with van der Waals surface area (Å²) in [5, 5.41) is 10.2. The first-order valence-electron chi connectivity index (χ1n) is 20.1. The molecular formula is C40H53F3N6O10S. The number of carbonyl (C=O) groups is 4. The maximum absolute atomic E-state index is 14.8. The second-order valence-electron chi connectivity index (χ2n) is 17.4. The van der Waals surface area contributed by atoms with Crippen molar-refractivity contribution < 1.29 is 55.0 Å². The van der Waals surface area contributed by atoms with E-state index in [0.29, 0.717) is 51.3 Å². The number of carbonyl (C=O) groups excluding carboxylic acids is 4. The van der Waals surface area contributed by atoms with E-state index in [2.05, 4.69) is 20.5 Å². The van der Waals surface area contributed by atoms with Crippen molar-refractivity contribution in [2.24, 2.45) is 17.8 Å². The lowest BCUT2D eigenvalue weighted by molar-refractivity contribution is -0.244. The molecule has 2 aliphatic heterocycles. The largest absolute Gasteiger partial charge is 0.471 e. The molecule has 2 saturated carbocycles. The summed E-state index contributed by atoms with van der Waals surface area (Å²) in [6, 6.07) is 3.70. The van der Waals surface area contributed by atoms with E-state index in [1.807, 2.05) is 13.0 Å². The van der Waals surface area contributed by atoms with Crippen LogP contribution in [0.2, 0.25) is 0 Å². The maximum Gasteiger partial charge on any atom is 0.427 e. The van der Waals surface area contributed by atoms with Crippen LogP contribution in [0, 0.1) is 17.8 Å². The molecule has 3 fully saturated rings. The molecule has 16 nitrogen and oxygen atoms in total. The summed E-state index contributed by atoms with van der Waals surface area (Å²) < 4.78 is 86.3. The normalized spacial score (nSPS) is 28.9. The molecule has 330 valence electrons. The average Bonchev–Trinajstić information content (AvgIpc) is 4.05. The van der Waals surface area contributed by atoms with Gasteiger partial charge >= 0.3 is 12.3 Å². The predicted molar refractivity (Wildman–Crippen MR) is 211 cm³/mol. The number of halogens is 3. The number of fused-ring (bicyclic) bond motifs is 3. The zero-order chi connectivity index (χ0) is 44.0. The van der Waals surface area contributed by atoms with Crippen LogP contribution in [0.1, 0.15) is 79.6 Å². The molecule has 6 rings (SSSR count). The maximum atomic E-state index is 14.8. The molecule has 7 atom stereocenters. The average molecular weight is 867 g/mol. The van der Waals surface area contributed by atoms with Crippen LogP contribution in [-0.4, -0.2) is 107 Å². The Balaban J connectivity index is 1.38. The van der Waals surface area contributed by atoms with E-state index in [9.17, 15) is 45.6 Å². The Labute approximate surface area is 346 Å². The number of benzene rings is 1. The van der Waals surface area contributed by atoms with Gasteiger partial charge in [-0.2, -0.15) is 13.2 Å². The minimum absolute atomic E-state index is 0.0127. The number of ether oxygens (including phenoxy) is 3. The molecule has 4 amide bonds. The van der Waals surface area contributed by atoms with Gasteiger partial charge in [0, 0.05) is 19.4 Å². The number of methoxy groups -OCH3 is 1. The van der Waals surface area contributed by atoms with Crippen LogP contribution < -0.4 is 25.7 Å². The number of nitrogens with one attached hydrogen (secondary N) is 3. The van der Waals surface area contributed by atoms with Gasteiger partial charge in [0.15, 0.2) is 0 Å². The summed E-state index contributed by atoms with van der Waals surface area (Å²) in [5.41, 5.74) is -5.00. The lowest BCUT2D eigenvalue weighted by atomic mass is 9.88. The molecule has 3 heterocycles. The number of allylic oxidation sites excluding steroid dienone is 1. The first-order valence-corrected chi connectivity index (χ1v) is 21.6. The Bertz CT molecular complexity index is 2210. The minimum atomic E-state index is -4.94. The van der Waals surface area contributed by atoms with E-state index in [0.717, 1.165) is 4.90 Å². The molecule has 3 N–H and O–H groups in total. The fourth-order valence-electron chi connectivity index (χ4n) is 7.82. The van der Waals surface area contributed by atoms with Gasteiger partial charge in [-0.05, 0) is 83.3 Å². The molecule has 2 aliphatic carbocycles. The lowest BCUT2D eigenvalue weighted by Gasteiger charge is -2.34. The quantitative estimate of drug-likeness (QED) is 0.294. The predicted octanol–water partition coefficient (Wildman–Crippen LogP) is 3.71. The van der Waals surface area contributed by atoms with Gasteiger partial charge in [-0.25, -0.2) is 17.9 Å². The zero-order valence-corrected chi connectivity index (χ0v) is 35.3. The molecule has 1 aromatic carbocycles. The van der Waals surface area contributed by atoms with E-state index in [1.54, 1.807) is 37.3 Å². The summed E-state index contributed by atoms with van der Waals surface area (Å²) in [6.45, 7) is 6.40. The van der Waals surface area contributed by atoms with Crippen LogP contribution >= 0.6 is 0 Å². The molecule has 1 aromatic heterocycles. The van der Waals surface area contributed by atoms with Gasteiger partial charge in [-0.1, -0.05) is 38.1 Å². The molecule has 0 bridgehead atoms. The van der Waals surface area contributed by atoms with E-state index < -0.39 is 91.5 Å². The summed E-state index contributed by atoms with van der Waals surface area (Å²) in [5.74, 6) is -3.88. The highest BCUT2D eigenvalue weighted by molar-refractivity contribution is 7.91. The Morgan fingerprint density at radius 1 is 1.07 bits per heavy atom. The lowest BCUT2D eigenvalue weighted by Crippen LogP contribution is -2.59. The van der Waals surface area contributed by atoms with Gasteiger partial charge in [0.05, 0.1) is 35.2 Å². The van der Waals surface area contributed by atoms with E-state index >= 15 is 0 Å². The van der Waals surface area contributed by atoms with Crippen LogP contribution in [-0.2, 0) is 40.4 Å². The van der Waals surface area contributed by atoms with Crippen LogP contribution in [0.25, 0.3) is 10.8 Å². The highest BCUT2D eigenvalue weighted by Crippen LogP contribution is 2.47.